The van der Waals surface area contributed by atoms with E-state index in [9.17, 15) is 32.9 Å². The molecule has 0 aliphatic carbocycles. The second-order valence-corrected chi connectivity index (χ2v) is 6.35. The fourth-order valence-corrected chi connectivity index (χ4v) is 2.98. The van der Waals surface area contributed by atoms with Crippen LogP contribution in [-0.4, -0.2) is 34.7 Å². The lowest BCUT2D eigenvalue weighted by Gasteiger charge is -2.11. The minimum Gasteiger partial charge on any atom is -0.378 e. The first kappa shape index (κ1) is 21.9. The molecule has 0 bridgehead atoms. The van der Waals surface area contributed by atoms with Crippen molar-refractivity contribution in [2.75, 3.05) is 18.4 Å². The van der Waals surface area contributed by atoms with E-state index in [1.54, 1.807) is 13.8 Å². The molecule has 2 aromatic rings. The largest absolute Gasteiger partial charge is 0.416 e. The smallest absolute Gasteiger partial charge is 0.378 e. The number of halogens is 3. The number of nitrogens with one attached hydrogen (secondary N) is 3. The highest BCUT2D eigenvalue weighted by molar-refractivity contribution is 6.02. The van der Waals surface area contributed by atoms with Gasteiger partial charge in [-0.05, 0) is 38.5 Å². The van der Waals surface area contributed by atoms with Gasteiger partial charge in [0.1, 0.15) is 11.4 Å². The summed E-state index contributed by atoms with van der Waals surface area (Å²) in [6.07, 6.45) is -4.69. The predicted molar refractivity (Wildman–Crippen MR) is 99.2 cm³/mol. The number of ketones is 1. The summed E-state index contributed by atoms with van der Waals surface area (Å²) in [7, 11) is 0. The summed E-state index contributed by atoms with van der Waals surface area (Å²) in [4.78, 5) is 36.9. The number of aromatic nitrogens is 1. The predicted octanol–water partition coefficient (Wildman–Crippen LogP) is 3.60. The van der Waals surface area contributed by atoms with Gasteiger partial charge < -0.3 is 15.6 Å². The van der Waals surface area contributed by atoms with Gasteiger partial charge in [0.25, 0.3) is 11.6 Å². The molecule has 0 radical (unpaired) electrons. The SMILES string of the molecule is CC(=O)c1c(C)[nH]c(C(=O)NCCNc2ccc(C(F)(F)F)cc2[N+](=O)[O-])c1C. The van der Waals surface area contributed by atoms with Gasteiger partial charge in [0.15, 0.2) is 5.78 Å². The Kier molecular flexibility index (Phi) is 6.30. The Morgan fingerprint density at radius 1 is 1.21 bits per heavy atom. The van der Waals surface area contributed by atoms with Crippen LogP contribution in [0.1, 0.15) is 44.6 Å². The number of nitrogens with zero attached hydrogens (tertiary/aromatic N) is 1. The standard InChI is InChI=1S/C18H19F3N4O4/c1-9-15(11(3)26)10(2)24-16(9)17(27)23-7-6-22-13-5-4-12(18(19,20)21)8-14(13)25(28)29/h4-5,8,22,24H,6-7H2,1-3H3,(H,23,27). The molecule has 0 aliphatic rings. The number of rotatable bonds is 7. The maximum atomic E-state index is 12.7. The van der Waals surface area contributed by atoms with Gasteiger partial charge in [0, 0.05) is 30.4 Å². The van der Waals surface area contributed by atoms with Crippen LogP contribution in [-0.2, 0) is 6.18 Å². The zero-order valence-electron chi connectivity index (χ0n) is 15.9. The average molecular weight is 412 g/mol. The highest BCUT2D eigenvalue weighted by Gasteiger charge is 2.33. The van der Waals surface area contributed by atoms with Crippen molar-refractivity contribution in [2.24, 2.45) is 0 Å². The lowest BCUT2D eigenvalue weighted by molar-refractivity contribution is -0.384. The molecule has 0 saturated carbocycles. The van der Waals surface area contributed by atoms with Crippen LogP contribution in [0.4, 0.5) is 24.5 Å². The fraction of sp³-hybridized carbons (Fsp3) is 0.333. The van der Waals surface area contributed by atoms with Crippen LogP contribution in [0, 0.1) is 24.0 Å². The number of benzene rings is 1. The van der Waals surface area contributed by atoms with Crippen LogP contribution in [0.15, 0.2) is 18.2 Å². The van der Waals surface area contributed by atoms with E-state index >= 15 is 0 Å². The molecule has 29 heavy (non-hydrogen) atoms. The first-order valence-corrected chi connectivity index (χ1v) is 8.51. The Bertz CT molecular complexity index is 967. The second kappa shape index (κ2) is 8.33. The summed E-state index contributed by atoms with van der Waals surface area (Å²) in [6.45, 7) is 4.79. The van der Waals surface area contributed by atoms with Crippen LogP contribution in [0.5, 0.6) is 0 Å². The van der Waals surface area contributed by atoms with Gasteiger partial charge in [-0.2, -0.15) is 13.2 Å². The Morgan fingerprint density at radius 3 is 2.38 bits per heavy atom. The summed E-state index contributed by atoms with van der Waals surface area (Å²) < 4.78 is 38.2. The van der Waals surface area contributed by atoms with Crippen LogP contribution < -0.4 is 10.6 Å². The van der Waals surface area contributed by atoms with Crippen molar-refractivity contribution in [2.45, 2.75) is 26.9 Å². The molecule has 1 aromatic carbocycles. The maximum absolute atomic E-state index is 12.7. The highest BCUT2D eigenvalue weighted by atomic mass is 19.4. The van der Waals surface area contributed by atoms with E-state index in [4.69, 9.17) is 0 Å². The first-order chi connectivity index (χ1) is 13.4. The molecule has 0 unspecified atom stereocenters. The van der Waals surface area contributed by atoms with Gasteiger partial charge in [0.2, 0.25) is 0 Å². The molecule has 0 fully saturated rings. The number of H-pyrrole nitrogens is 1. The number of carbonyl (C=O) groups is 2. The Hall–Kier alpha value is -3.37. The second-order valence-electron chi connectivity index (χ2n) is 6.35. The number of carbonyl (C=O) groups excluding carboxylic acids is 2. The molecule has 156 valence electrons. The minimum absolute atomic E-state index is 0.0379. The Balaban J connectivity index is 2.02. The quantitative estimate of drug-likeness (QED) is 0.278. The highest BCUT2D eigenvalue weighted by Crippen LogP contribution is 2.34. The van der Waals surface area contributed by atoms with Crippen LogP contribution in [0.3, 0.4) is 0 Å². The molecule has 11 heteroatoms. The molecule has 3 N–H and O–H groups in total. The molecule has 8 nitrogen and oxygen atoms in total. The number of aromatic amines is 1. The number of nitro groups is 1. The van der Waals surface area contributed by atoms with E-state index in [2.05, 4.69) is 15.6 Å². The minimum atomic E-state index is -4.69. The summed E-state index contributed by atoms with van der Waals surface area (Å²) in [6, 6.07) is 2.16. The summed E-state index contributed by atoms with van der Waals surface area (Å²) in [5.41, 5.74) is -0.183. The third-order valence-corrected chi connectivity index (χ3v) is 4.26. The number of hydrogen-bond donors (Lipinski definition) is 3. The van der Waals surface area contributed by atoms with E-state index in [-0.39, 0.29) is 30.3 Å². The molecular formula is C18H19F3N4O4. The third-order valence-electron chi connectivity index (χ3n) is 4.26. The van der Waals surface area contributed by atoms with Gasteiger partial charge in [0.05, 0.1) is 10.5 Å². The van der Waals surface area contributed by atoms with E-state index in [0.717, 1.165) is 12.1 Å². The number of hydrogen-bond acceptors (Lipinski definition) is 5. The molecule has 0 saturated heterocycles. The van der Waals surface area contributed by atoms with Gasteiger partial charge in [-0.3, -0.25) is 19.7 Å². The lowest BCUT2D eigenvalue weighted by Crippen LogP contribution is -2.29. The number of nitro benzene ring substituents is 1. The van der Waals surface area contributed by atoms with Gasteiger partial charge in [-0.1, -0.05) is 0 Å². The van der Waals surface area contributed by atoms with Gasteiger partial charge >= 0.3 is 6.18 Å². The number of anilines is 1. The molecule has 2 rings (SSSR count). The lowest BCUT2D eigenvalue weighted by atomic mass is 10.1. The van der Waals surface area contributed by atoms with Crippen LogP contribution >= 0.6 is 0 Å². The zero-order chi connectivity index (χ0) is 21.9. The molecule has 0 aliphatic heterocycles. The van der Waals surface area contributed by atoms with Crippen LogP contribution in [0.25, 0.3) is 0 Å². The van der Waals surface area contributed by atoms with E-state index in [0.29, 0.717) is 22.9 Å². The van der Waals surface area contributed by atoms with E-state index in [1.807, 2.05) is 0 Å². The topological polar surface area (TPSA) is 117 Å². The number of Topliss-reactive ketones (excluding diaryl/α,β-unsaturated/α-hetero) is 1. The Labute approximate surface area is 163 Å². The molecule has 1 amide bonds. The monoisotopic (exact) mass is 412 g/mol. The Morgan fingerprint density at radius 2 is 1.86 bits per heavy atom. The van der Waals surface area contributed by atoms with E-state index < -0.39 is 28.3 Å². The summed E-state index contributed by atoms with van der Waals surface area (Å²) in [5, 5.41) is 16.3. The van der Waals surface area contributed by atoms with Crippen molar-refractivity contribution in [3.05, 3.63) is 56.4 Å². The normalized spacial score (nSPS) is 11.2. The fourth-order valence-electron chi connectivity index (χ4n) is 2.98. The molecular weight excluding hydrogens is 393 g/mol. The van der Waals surface area contributed by atoms with E-state index in [1.165, 1.54) is 6.92 Å². The van der Waals surface area contributed by atoms with Gasteiger partial charge in [-0.25, -0.2) is 0 Å². The third kappa shape index (κ3) is 4.92. The summed E-state index contributed by atoms with van der Waals surface area (Å²) in [5.74, 6) is -0.645. The summed E-state index contributed by atoms with van der Waals surface area (Å²) >= 11 is 0. The van der Waals surface area contributed by atoms with Crippen molar-refractivity contribution in [1.82, 2.24) is 10.3 Å². The van der Waals surface area contributed by atoms with Crippen molar-refractivity contribution in [1.29, 1.82) is 0 Å². The van der Waals surface area contributed by atoms with Crippen molar-refractivity contribution in [3.8, 4) is 0 Å². The molecule has 0 atom stereocenters. The average Bonchev–Trinajstić information content (AvgIpc) is 2.92. The van der Waals surface area contributed by atoms with Gasteiger partial charge in [-0.15, -0.1) is 0 Å². The molecule has 1 heterocycles. The van der Waals surface area contributed by atoms with Crippen LogP contribution in [0.2, 0.25) is 0 Å². The maximum Gasteiger partial charge on any atom is 0.416 e. The zero-order valence-corrected chi connectivity index (χ0v) is 15.9. The van der Waals surface area contributed by atoms with Crippen molar-refractivity contribution >= 4 is 23.1 Å². The first-order valence-electron chi connectivity index (χ1n) is 8.51. The molecule has 1 aromatic heterocycles. The molecule has 0 spiro atoms. The number of amides is 1. The van der Waals surface area contributed by atoms with Crippen molar-refractivity contribution < 1.29 is 27.7 Å². The number of alkyl halides is 3. The number of aryl methyl sites for hydroxylation is 1. The van der Waals surface area contributed by atoms with Crippen molar-refractivity contribution in [3.63, 3.8) is 0 Å².